The lowest BCUT2D eigenvalue weighted by Crippen LogP contribution is -2.02. The van der Waals surface area contributed by atoms with Gasteiger partial charge in [-0.05, 0) is 73.2 Å². The van der Waals surface area contributed by atoms with Crippen LogP contribution in [-0.2, 0) is 0 Å². The number of hydrogen-bond acceptors (Lipinski definition) is 2. The van der Waals surface area contributed by atoms with Crippen LogP contribution in [0.15, 0.2) is 24.3 Å². The van der Waals surface area contributed by atoms with Crippen molar-refractivity contribution in [3.63, 3.8) is 0 Å². The monoisotopic (exact) mass is 348 g/mol. The smallest absolute Gasteiger partial charge is 0.0379 e. The van der Waals surface area contributed by atoms with Crippen LogP contribution in [-0.4, -0.2) is 11.0 Å². The zero-order valence-corrected chi connectivity index (χ0v) is 14.9. The van der Waals surface area contributed by atoms with E-state index in [1.165, 1.54) is 33.4 Å². The van der Waals surface area contributed by atoms with Gasteiger partial charge in [0.25, 0.3) is 0 Å². The van der Waals surface area contributed by atoms with Gasteiger partial charge in [-0.3, -0.25) is 0 Å². The Morgan fingerprint density at radius 2 is 1.00 bits per heavy atom. The Morgan fingerprint density at radius 3 is 1.36 bits per heavy atom. The predicted molar refractivity (Wildman–Crippen MR) is 101 cm³/mol. The molecular formula is C16H26Cl2N2O2. The summed E-state index contributed by atoms with van der Waals surface area (Å²) in [5.74, 6) is 0. The number of nitrogens with two attached hydrogens (primary N) is 2. The van der Waals surface area contributed by atoms with Gasteiger partial charge in [0.2, 0.25) is 0 Å². The van der Waals surface area contributed by atoms with Crippen molar-refractivity contribution in [3.8, 4) is 11.1 Å². The van der Waals surface area contributed by atoms with E-state index >= 15 is 0 Å². The fourth-order valence-corrected chi connectivity index (χ4v) is 2.42. The van der Waals surface area contributed by atoms with Crippen molar-refractivity contribution in [2.45, 2.75) is 27.7 Å². The summed E-state index contributed by atoms with van der Waals surface area (Å²) in [6, 6.07) is 8.02. The third kappa shape index (κ3) is 4.27. The van der Waals surface area contributed by atoms with Crippen molar-refractivity contribution < 1.29 is 11.0 Å². The third-order valence-electron chi connectivity index (χ3n) is 3.88. The van der Waals surface area contributed by atoms with E-state index in [1.807, 2.05) is 12.1 Å². The maximum absolute atomic E-state index is 6.13. The van der Waals surface area contributed by atoms with Gasteiger partial charge >= 0.3 is 0 Å². The lowest BCUT2D eigenvalue weighted by Gasteiger charge is -2.18. The molecule has 0 radical (unpaired) electrons. The zero-order valence-electron chi connectivity index (χ0n) is 13.3. The molecule has 2 rings (SSSR count). The molecule has 4 nitrogen and oxygen atoms in total. The van der Waals surface area contributed by atoms with Gasteiger partial charge in [0.05, 0.1) is 0 Å². The summed E-state index contributed by atoms with van der Waals surface area (Å²) in [6.07, 6.45) is 0. The maximum atomic E-state index is 6.13. The lowest BCUT2D eigenvalue weighted by molar-refractivity contribution is 0.823. The second kappa shape index (κ2) is 9.54. The number of nitrogen functional groups attached to an aromatic ring is 2. The average molecular weight is 349 g/mol. The van der Waals surface area contributed by atoms with Gasteiger partial charge < -0.3 is 22.4 Å². The standard InChI is InChI=1S/C16H20N2.2ClH.2H2O/c1-9-11(3)16(18)12(4)10(2)15(9)13-5-7-14(17)8-6-13;;;;/h5-8H,17-18H2,1-4H3;2*1H;2*1H2. The summed E-state index contributed by atoms with van der Waals surface area (Å²) in [5, 5.41) is 0. The first kappa shape index (κ1) is 25.5. The Hall–Kier alpha value is -1.46. The highest BCUT2D eigenvalue weighted by atomic mass is 35.5. The largest absolute Gasteiger partial charge is 0.412 e. The normalized spacial score (nSPS) is 8.73. The number of halogens is 2. The van der Waals surface area contributed by atoms with E-state index in [-0.39, 0.29) is 35.8 Å². The van der Waals surface area contributed by atoms with E-state index in [1.54, 1.807) is 0 Å². The molecule has 0 saturated carbocycles. The first-order chi connectivity index (χ1) is 8.43. The molecule has 0 saturated heterocycles. The molecule has 2 aromatic carbocycles. The van der Waals surface area contributed by atoms with Gasteiger partial charge in [0.1, 0.15) is 0 Å². The molecule has 2 aromatic rings. The Balaban J connectivity index is -0.000000902. The van der Waals surface area contributed by atoms with E-state index in [0.29, 0.717) is 0 Å². The summed E-state index contributed by atoms with van der Waals surface area (Å²) >= 11 is 0. The van der Waals surface area contributed by atoms with Crippen molar-refractivity contribution >= 4 is 36.2 Å². The molecule has 0 fully saturated rings. The number of hydrogen-bond donors (Lipinski definition) is 2. The summed E-state index contributed by atoms with van der Waals surface area (Å²) in [4.78, 5) is 0. The van der Waals surface area contributed by atoms with Crippen molar-refractivity contribution in [2.75, 3.05) is 11.5 Å². The number of anilines is 2. The Kier molecular flexibility index (Phi) is 11.0. The molecule has 6 heteroatoms. The van der Waals surface area contributed by atoms with Gasteiger partial charge in [-0.25, -0.2) is 0 Å². The second-order valence-electron chi connectivity index (χ2n) is 4.91. The molecule has 0 heterocycles. The first-order valence-electron chi connectivity index (χ1n) is 6.15. The van der Waals surface area contributed by atoms with Gasteiger partial charge in [-0.1, -0.05) is 12.1 Å². The minimum absolute atomic E-state index is 0. The van der Waals surface area contributed by atoms with Crippen LogP contribution >= 0.6 is 24.8 Å². The maximum Gasteiger partial charge on any atom is 0.0379 e. The molecule has 8 N–H and O–H groups in total. The van der Waals surface area contributed by atoms with E-state index in [0.717, 1.165) is 11.4 Å². The zero-order chi connectivity index (χ0) is 13.4. The van der Waals surface area contributed by atoms with Crippen molar-refractivity contribution in [2.24, 2.45) is 0 Å². The lowest BCUT2D eigenvalue weighted by atomic mass is 9.88. The SMILES string of the molecule is Cc1c(C)c(-c2ccc(N)cc2)c(C)c(C)c1N.Cl.Cl.O.O. The van der Waals surface area contributed by atoms with E-state index in [4.69, 9.17) is 11.5 Å². The quantitative estimate of drug-likeness (QED) is 0.771. The van der Waals surface area contributed by atoms with Crippen molar-refractivity contribution in [1.29, 1.82) is 0 Å². The highest BCUT2D eigenvalue weighted by Gasteiger charge is 2.13. The predicted octanol–water partition coefficient (Wildman–Crippen LogP) is 2.95. The van der Waals surface area contributed by atoms with Crippen LogP contribution < -0.4 is 11.5 Å². The number of benzene rings is 2. The Labute approximate surface area is 144 Å². The fourth-order valence-electron chi connectivity index (χ4n) is 2.42. The second-order valence-corrected chi connectivity index (χ2v) is 4.91. The fraction of sp³-hybridized carbons (Fsp3) is 0.250. The highest BCUT2D eigenvalue weighted by molar-refractivity contribution is 5.85. The summed E-state index contributed by atoms with van der Waals surface area (Å²) in [7, 11) is 0. The highest BCUT2D eigenvalue weighted by Crippen LogP contribution is 2.35. The van der Waals surface area contributed by atoms with Gasteiger partial charge in [0, 0.05) is 11.4 Å². The van der Waals surface area contributed by atoms with Gasteiger partial charge in [0.15, 0.2) is 0 Å². The molecule has 126 valence electrons. The van der Waals surface area contributed by atoms with Crippen LogP contribution in [0, 0.1) is 27.7 Å². The topological polar surface area (TPSA) is 115 Å². The molecule has 22 heavy (non-hydrogen) atoms. The summed E-state index contributed by atoms with van der Waals surface area (Å²) in [5.41, 5.74) is 20.9. The van der Waals surface area contributed by atoms with E-state index in [2.05, 4.69) is 39.8 Å². The average Bonchev–Trinajstić information content (AvgIpc) is 2.36. The van der Waals surface area contributed by atoms with Gasteiger partial charge in [-0.2, -0.15) is 0 Å². The third-order valence-corrected chi connectivity index (χ3v) is 3.88. The molecule has 0 amide bonds. The van der Waals surface area contributed by atoms with Crippen molar-refractivity contribution in [3.05, 3.63) is 46.5 Å². The van der Waals surface area contributed by atoms with Gasteiger partial charge in [-0.15, -0.1) is 24.8 Å². The van der Waals surface area contributed by atoms with Crippen LogP contribution in [0.3, 0.4) is 0 Å². The van der Waals surface area contributed by atoms with E-state index < -0.39 is 0 Å². The molecular weight excluding hydrogens is 323 g/mol. The van der Waals surface area contributed by atoms with E-state index in [9.17, 15) is 0 Å². The molecule has 0 bridgehead atoms. The minimum Gasteiger partial charge on any atom is -0.412 e. The van der Waals surface area contributed by atoms with Crippen LogP contribution in [0.5, 0.6) is 0 Å². The van der Waals surface area contributed by atoms with Crippen LogP contribution in [0.1, 0.15) is 22.3 Å². The first-order valence-corrected chi connectivity index (χ1v) is 6.15. The Bertz CT molecular complexity index is 586. The minimum atomic E-state index is 0. The molecule has 0 aromatic heterocycles. The molecule has 0 aliphatic heterocycles. The summed E-state index contributed by atoms with van der Waals surface area (Å²) < 4.78 is 0. The molecule has 0 aliphatic rings. The molecule has 0 spiro atoms. The molecule has 0 atom stereocenters. The summed E-state index contributed by atoms with van der Waals surface area (Å²) in [6.45, 7) is 8.42. The molecule has 0 aliphatic carbocycles. The molecule has 0 unspecified atom stereocenters. The van der Waals surface area contributed by atoms with Crippen molar-refractivity contribution in [1.82, 2.24) is 0 Å². The number of rotatable bonds is 1. The van der Waals surface area contributed by atoms with Crippen LogP contribution in [0.25, 0.3) is 11.1 Å². The van der Waals surface area contributed by atoms with Crippen LogP contribution in [0.4, 0.5) is 11.4 Å². The van der Waals surface area contributed by atoms with Crippen LogP contribution in [0.2, 0.25) is 0 Å². The Morgan fingerprint density at radius 1 is 0.636 bits per heavy atom.